The van der Waals surface area contributed by atoms with Gasteiger partial charge in [0.15, 0.2) is 5.82 Å². The minimum Gasteiger partial charge on any atom is -0.382 e. The van der Waals surface area contributed by atoms with Gasteiger partial charge in [-0.25, -0.2) is 0 Å². The zero-order valence-corrected chi connectivity index (χ0v) is 12.0. The Labute approximate surface area is 124 Å². The Kier molecular flexibility index (Phi) is 3.22. The number of nitrogen functional groups attached to an aromatic ring is 1. The van der Waals surface area contributed by atoms with E-state index in [1.807, 2.05) is 29.6 Å². The number of nitrogens with one attached hydrogen (secondary N) is 1. The summed E-state index contributed by atoms with van der Waals surface area (Å²) < 4.78 is 0. The van der Waals surface area contributed by atoms with E-state index >= 15 is 0 Å². The van der Waals surface area contributed by atoms with Gasteiger partial charge in [-0.05, 0) is 17.5 Å². The molecular weight excluding hydrogens is 301 g/mol. The van der Waals surface area contributed by atoms with Crippen LogP contribution in [0.15, 0.2) is 35.7 Å². The van der Waals surface area contributed by atoms with Crippen LogP contribution in [0.5, 0.6) is 0 Å². The highest BCUT2D eigenvalue weighted by molar-refractivity contribution is 7.13. The standard InChI is InChI=1S/C13H9Cl2N3S/c14-8-4-1-3-7(11(8)15)12-10(13(16)18-17-12)9-5-2-6-19-9/h1-6H,(H3,16,17,18). The minimum atomic E-state index is 0.452. The Morgan fingerprint density at radius 1 is 1.16 bits per heavy atom. The van der Waals surface area contributed by atoms with Crippen LogP contribution in [0, 0.1) is 0 Å². The van der Waals surface area contributed by atoms with E-state index in [-0.39, 0.29) is 0 Å². The average molecular weight is 310 g/mol. The molecule has 2 heterocycles. The molecule has 0 spiro atoms. The fraction of sp³-hybridized carbons (Fsp3) is 0. The van der Waals surface area contributed by atoms with Gasteiger partial charge in [0.1, 0.15) is 0 Å². The van der Waals surface area contributed by atoms with Crippen molar-refractivity contribution < 1.29 is 0 Å². The van der Waals surface area contributed by atoms with Crippen LogP contribution in [0.1, 0.15) is 0 Å². The summed E-state index contributed by atoms with van der Waals surface area (Å²) in [6, 6.07) is 9.44. The van der Waals surface area contributed by atoms with Gasteiger partial charge in [-0.1, -0.05) is 41.4 Å². The van der Waals surface area contributed by atoms with Crippen molar-refractivity contribution in [3.8, 4) is 21.7 Å². The van der Waals surface area contributed by atoms with Crippen molar-refractivity contribution in [2.75, 3.05) is 5.73 Å². The first-order valence-electron chi connectivity index (χ1n) is 5.50. The third kappa shape index (κ3) is 2.12. The maximum Gasteiger partial charge on any atom is 0.154 e. The number of nitrogens with two attached hydrogens (primary N) is 1. The van der Waals surface area contributed by atoms with E-state index in [1.54, 1.807) is 17.4 Å². The fourth-order valence-corrected chi connectivity index (χ4v) is 3.10. The van der Waals surface area contributed by atoms with Crippen LogP contribution in [0.3, 0.4) is 0 Å². The summed E-state index contributed by atoms with van der Waals surface area (Å²) in [6.07, 6.45) is 0. The van der Waals surface area contributed by atoms with Gasteiger partial charge in [-0.3, -0.25) is 5.10 Å². The lowest BCUT2D eigenvalue weighted by atomic mass is 10.1. The van der Waals surface area contributed by atoms with Crippen molar-refractivity contribution in [3.05, 3.63) is 45.8 Å². The van der Waals surface area contributed by atoms with Crippen LogP contribution >= 0.6 is 34.5 Å². The number of aromatic amines is 1. The minimum absolute atomic E-state index is 0.452. The van der Waals surface area contributed by atoms with Crippen molar-refractivity contribution in [1.82, 2.24) is 10.2 Å². The predicted octanol–water partition coefficient (Wildman–Crippen LogP) is 4.69. The lowest BCUT2D eigenvalue weighted by molar-refractivity contribution is 1.10. The number of hydrogen-bond acceptors (Lipinski definition) is 3. The Morgan fingerprint density at radius 3 is 2.74 bits per heavy atom. The summed E-state index contributed by atoms with van der Waals surface area (Å²) in [6.45, 7) is 0. The highest BCUT2D eigenvalue weighted by Gasteiger charge is 2.18. The summed E-state index contributed by atoms with van der Waals surface area (Å²) in [5, 5.41) is 10.00. The van der Waals surface area contributed by atoms with Gasteiger partial charge in [0.25, 0.3) is 0 Å². The second kappa shape index (κ2) is 4.89. The van der Waals surface area contributed by atoms with E-state index in [9.17, 15) is 0 Å². The van der Waals surface area contributed by atoms with Crippen LogP contribution in [-0.2, 0) is 0 Å². The largest absolute Gasteiger partial charge is 0.382 e. The van der Waals surface area contributed by atoms with E-state index in [0.717, 1.165) is 21.7 Å². The van der Waals surface area contributed by atoms with Crippen molar-refractivity contribution in [3.63, 3.8) is 0 Å². The number of benzene rings is 1. The second-order valence-electron chi connectivity index (χ2n) is 3.94. The predicted molar refractivity (Wildman–Crippen MR) is 81.8 cm³/mol. The summed E-state index contributed by atoms with van der Waals surface area (Å²) in [5.41, 5.74) is 8.38. The lowest BCUT2D eigenvalue weighted by Crippen LogP contribution is -1.87. The first-order valence-corrected chi connectivity index (χ1v) is 7.14. The molecular formula is C13H9Cl2N3S. The number of rotatable bonds is 2. The van der Waals surface area contributed by atoms with Gasteiger partial charge >= 0.3 is 0 Å². The van der Waals surface area contributed by atoms with Gasteiger partial charge in [-0.2, -0.15) is 5.10 Å². The average Bonchev–Trinajstić information content (AvgIpc) is 3.02. The lowest BCUT2D eigenvalue weighted by Gasteiger charge is -2.06. The molecule has 0 aliphatic rings. The van der Waals surface area contributed by atoms with E-state index in [1.165, 1.54) is 0 Å². The Bertz CT molecular complexity index is 720. The molecule has 0 aliphatic carbocycles. The van der Waals surface area contributed by atoms with Crippen LogP contribution in [0.2, 0.25) is 10.0 Å². The maximum absolute atomic E-state index is 6.25. The topological polar surface area (TPSA) is 54.7 Å². The normalized spacial score (nSPS) is 10.8. The molecule has 0 saturated carbocycles. The number of thiophene rings is 1. The molecule has 0 unspecified atom stereocenters. The van der Waals surface area contributed by atoms with Crippen molar-refractivity contribution in [2.45, 2.75) is 0 Å². The van der Waals surface area contributed by atoms with Crippen molar-refractivity contribution >= 4 is 40.4 Å². The molecule has 3 rings (SSSR count). The Morgan fingerprint density at radius 2 is 2.00 bits per heavy atom. The van der Waals surface area contributed by atoms with Gasteiger partial charge < -0.3 is 5.73 Å². The number of halogens is 2. The van der Waals surface area contributed by atoms with Gasteiger partial charge in [0.2, 0.25) is 0 Å². The highest BCUT2D eigenvalue weighted by Crippen LogP contribution is 2.41. The zero-order chi connectivity index (χ0) is 13.4. The van der Waals surface area contributed by atoms with Crippen LogP contribution in [-0.4, -0.2) is 10.2 Å². The summed E-state index contributed by atoms with van der Waals surface area (Å²) >= 11 is 13.9. The van der Waals surface area contributed by atoms with Crippen molar-refractivity contribution in [1.29, 1.82) is 0 Å². The van der Waals surface area contributed by atoms with Crippen LogP contribution in [0.25, 0.3) is 21.7 Å². The highest BCUT2D eigenvalue weighted by atomic mass is 35.5. The van der Waals surface area contributed by atoms with Crippen LogP contribution in [0.4, 0.5) is 5.82 Å². The number of hydrogen-bond donors (Lipinski definition) is 2. The number of H-pyrrole nitrogens is 1. The first kappa shape index (κ1) is 12.5. The molecule has 0 saturated heterocycles. The van der Waals surface area contributed by atoms with Crippen molar-refractivity contribution in [2.24, 2.45) is 0 Å². The molecule has 6 heteroatoms. The fourth-order valence-electron chi connectivity index (χ4n) is 1.92. The molecule has 0 bridgehead atoms. The first-order chi connectivity index (χ1) is 9.18. The molecule has 3 aromatic rings. The summed E-state index contributed by atoms with van der Waals surface area (Å²) in [4.78, 5) is 1.04. The molecule has 96 valence electrons. The van der Waals surface area contributed by atoms with Gasteiger partial charge in [0.05, 0.1) is 21.3 Å². The van der Waals surface area contributed by atoms with E-state index in [2.05, 4.69) is 10.2 Å². The molecule has 0 aliphatic heterocycles. The molecule has 0 fully saturated rings. The molecule has 3 N–H and O–H groups in total. The molecule has 1 aromatic carbocycles. The number of anilines is 1. The van der Waals surface area contributed by atoms with Crippen LogP contribution < -0.4 is 5.73 Å². The SMILES string of the molecule is Nc1n[nH]c(-c2cccc(Cl)c2Cl)c1-c1cccs1. The molecule has 0 radical (unpaired) electrons. The number of nitrogens with zero attached hydrogens (tertiary/aromatic N) is 1. The Hall–Kier alpha value is -1.49. The van der Waals surface area contributed by atoms with Gasteiger partial charge in [0, 0.05) is 10.4 Å². The summed E-state index contributed by atoms with van der Waals surface area (Å²) in [7, 11) is 0. The number of aromatic nitrogens is 2. The second-order valence-corrected chi connectivity index (χ2v) is 5.67. The third-order valence-corrected chi connectivity index (χ3v) is 4.49. The summed E-state index contributed by atoms with van der Waals surface area (Å²) in [5.74, 6) is 0.452. The third-order valence-electron chi connectivity index (χ3n) is 2.78. The van der Waals surface area contributed by atoms with E-state index in [4.69, 9.17) is 28.9 Å². The van der Waals surface area contributed by atoms with E-state index < -0.39 is 0 Å². The molecule has 2 aromatic heterocycles. The molecule has 3 nitrogen and oxygen atoms in total. The molecule has 0 amide bonds. The smallest absolute Gasteiger partial charge is 0.154 e. The molecule has 0 atom stereocenters. The monoisotopic (exact) mass is 309 g/mol. The van der Waals surface area contributed by atoms with Gasteiger partial charge in [-0.15, -0.1) is 11.3 Å². The Balaban J connectivity index is 2.25. The zero-order valence-electron chi connectivity index (χ0n) is 9.65. The maximum atomic E-state index is 6.25. The van der Waals surface area contributed by atoms with E-state index in [0.29, 0.717) is 15.9 Å². The quantitative estimate of drug-likeness (QED) is 0.721. The molecule has 19 heavy (non-hydrogen) atoms.